The molecule has 11 heavy (non-hydrogen) atoms. The molecule has 0 bridgehead atoms. The zero-order valence-electron chi connectivity index (χ0n) is 5.93. The molecule has 0 saturated carbocycles. The molecule has 0 aliphatic carbocycles. The lowest BCUT2D eigenvalue weighted by Gasteiger charge is -1.82. The maximum absolute atomic E-state index is 4.65. The van der Waals surface area contributed by atoms with Gasteiger partial charge in [0.2, 0.25) is 0 Å². The summed E-state index contributed by atoms with van der Waals surface area (Å²) in [5.74, 6) is 0. The fraction of sp³-hybridized carbons (Fsp3) is 0.167. The Kier molecular flexibility index (Phi) is 1.21. The van der Waals surface area contributed by atoms with Crippen LogP contribution >= 0.6 is 0 Å². The molecule has 0 fully saturated rings. The van der Waals surface area contributed by atoms with Crippen molar-refractivity contribution >= 4 is 0 Å². The Morgan fingerprint density at radius 1 is 1.45 bits per heavy atom. The summed E-state index contributed by atoms with van der Waals surface area (Å²) in [4.78, 5) is 1.49. The number of nitrogens with zero attached hydrogens (tertiary/aromatic N) is 4. The number of hydrogen-bond acceptors (Lipinski definition) is 4. The van der Waals surface area contributed by atoms with Crippen LogP contribution in [0.2, 0.25) is 0 Å². The highest BCUT2D eigenvalue weighted by molar-refractivity contribution is 5.53. The van der Waals surface area contributed by atoms with E-state index in [2.05, 4.69) is 19.9 Å². The highest BCUT2D eigenvalue weighted by atomic mass is 16.5. The van der Waals surface area contributed by atoms with E-state index < -0.39 is 0 Å². The molecule has 0 atom stereocenters. The predicted molar refractivity (Wildman–Crippen MR) is 36.5 cm³/mol. The van der Waals surface area contributed by atoms with Crippen molar-refractivity contribution in [2.24, 2.45) is 7.05 Å². The molecule has 5 nitrogen and oxygen atoms in total. The molecule has 2 aromatic heterocycles. The minimum absolute atomic E-state index is 0.772. The summed E-state index contributed by atoms with van der Waals surface area (Å²) in [6.07, 6.45) is 4.79. The van der Waals surface area contributed by atoms with Gasteiger partial charge in [-0.3, -0.25) is 0 Å². The smallest absolute Gasteiger partial charge is 0.133 e. The van der Waals surface area contributed by atoms with Crippen LogP contribution in [-0.4, -0.2) is 20.2 Å². The molecule has 0 N–H and O–H groups in total. The largest absolute Gasteiger partial charge is 0.364 e. The average molecular weight is 150 g/mol. The molecule has 5 heteroatoms. The molecule has 0 spiro atoms. The third kappa shape index (κ3) is 1.000. The van der Waals surface area contributed by atoms with Crippen LogP contribution in [0, 0.1) is 0 Å². The second-order valence-electron chi connectivity index (χ2n) is 2.13. The molecule has 0 aromatic carbocycles. The molecule has 0 unspecified atom stereocenters. The lowest BCUT2D eigenvalue weighted by molar-refractivity contribution is 0.420. The zero-order chi connectivity index (χ0) is 7.68. The van der Waals surface area contributed by atoms with E-state index in [1.165, 1.54) is 11.1 Å². The molecule has 0 aliphatic heterocycles. The second kappa shape index (κ2) is 2.19. The molecule has 56 valence electrons. The van der Waals surface area contributed by atoms with Crippen molar-refractivity contribution in [2.45, 2.75) is 0 Å². The topological polar surface area (TPSA) is 56.7 Å². The van der Waals surface area contributed by atoms with E-state index >= 15 is 0 Å². The first-order valence-corrected chi connectivity index (χ1v) is 3.12. The minimum atomic E-state index is 0.772. The minimum Gasteiger partial charge on any atom is -0.364 e. The summed E-state index contributed by atoms with van der Waals surface area (Å²) >= 11 is 0. The maximum Gasteiger partial charge on any atom is 0.133 e. The van der Waals surface area contributed by atoms with Gasteiger partial charge >= 0.3 is 0 Å². The quantitative estimate of drug-likeness (QED) is 0.593. The van der Waals surface area contributed by atoms with Crippen molar-refractivity contribution in [3.05, 3.63) is 18.7 Å². The fourth-order valence-electron chi connectivity index (χ4n) is 0.809. The van der Waals surface area contributed by atoms with E-state index in [1.54, 1.807) is 19.4 Å². The zero-order valence-corrected chi connectivity index (χ0v) is 5.93. The Morgan fingerprint density at radius 2 is 2.36 bits per heavy atom. The van der Waals surface area contributed by atoms with E-state index in [0.717, 1.165) is 11.3 Å². The molecular formula is C6H6N4O. The monoisotopic (exact) mass is 150 g/mol. The van der Waals surface area contributed by atoms with Crippen LogP contribution in [0.4, 0.5) is 0 Å². The summed E-state index contributed by atoms with van der Waals surface area (Å²) in [7, 11) is 1.76. The standard InChI is InChI=1S/C6H6N4O/c1-10-7-3-6(9-10)5-2-8-11-4-5/h2-4H,1H3. The normalized spacial score (nSPS) is 10.3. The third-order valence-corrected chi connectivity index (χ3v) is 1.33. The van der Waals surface area contributed by atoms with Gasteiger partial charge in [0.1, 0.15) is 12.0 Å². The highest BCUT2D eigenvalue weighted by Gasteiger charge is 2.02. The Bertz CT molecular complexity index is 337. The Hall–Kier alpha value is -1.65. The van der Waals surface area contributed by atoms with Crippen molar-refractivity contribution in [2.75, 3.05) is 0 Å². The van der Waals surface area contributed by atoms with Crippen LogP contribution in [-0.2, 0) is 7.05 Å². The molecule has 0 saturated heterocycles. The molecule has 0 aliphatic rings. The fourth-order valence-corrected chi connectivity index (χ4v) is 0.809. The predicted octanol–water partition coefficient (Wildman–Crippen LogP) is 0.470. The summed E-state index contributed by atoms with van der Waals surface area (Å²) in [5, 5.41) is 11.5. The van der Waals surface area contributed by atoms with E-state index in [1.807, 2.05) is 0 Å². The van der Waals surface area contributed by atoms with Crippen molar-refractivity contribution in [1.29, 1.82) is 0 Å². The Morgan fingerprint density at radius 3 is 2.91 bits per heavy atom. The van der Waals surface area contributed by atoms with Crippen LogP contribution in [0.15, 0.2) is 23.2 Å². The molecule has 2 heterocycles. The Balaban J connectivity index is 2.45. The van der Waals surface area contributed by atoms with E-state index in [0.29, 0.717) is 0 Å². The lowest BCUT2D eigenvalue weighted by Crippen LogP contribution is -1.91. The van der Waals surface area contributed by atoms with Gasteiger partial charge in [0, 0.05) is 7.05 Å². The van der Waals surface area contributed by atoms with Crippen molar-refractivity contribution in [3.63, 3.8) is 0 Å². The molecule has 2 rings (SSSR count). The van der Waals surface area contributed by atoms with E-state index in [4.69, 9.17) is 0 Å². The van der Waals surface area contributed by atoms with E-state index in [-0.39, 0.29) is 0 Å². The number of rotatable bonds is 1. The molecule has 2 aromatic rings. The lowest BCUT2D eigenvalue weighted by atomic mass is 10.3. The van der Waals surface area contributed by atoms with Gasteiger partial charge in [-0.1, -0.05) is 5.16 Å². The summed E-state index contributed by atoms with van der Waals surface area (Å²) in [6.45, 7) is 0. The number of aromatic nitrogens is 4. The Labute approximate surface area is 62.6 Å². The maximum atomic E-state index is 4.65. The van der Waals surface area contributed by atoms with Crippen LogP contribution in [0.5, 0.6) is 0 Å². The number of hydrogen-bond donors (Lipinski definition) is 0. The summed E-state index contributed by atoms with van der Waals surface area (Å²) in [6, 6.07) is 0. The summed E-state index contributed by atoms with van der Waals surface area (Å²) < 4.78 is 4.65. The molecule has 0 radical (unpaired) electrons. The summed E-state index contributed by atoms with van der Waals surface area (Å²) in [5.41, 5.74) is 1.62. The van der Waals surface area contributed by atoms with Crippen LogP contribution < -0.4 is 0 Å². The van der Waals surface area contributed by atoms with Gasteiger partial charge in [-0.15, -0.1) is 0 Å². The van der Waals surface area contributed by atoms with Crippen molar-refractivity contribution < 1.29 is 4.52 Å². The van der Waals surface area contributed by atoms with Gasteiger partial charge in [0.15, 0.2) is 0 Å². The first-order chi connectivity index (χ1) is 5.36. The average Bonchev–Trinajstić information content (AvgIpc) is 2.55. The van der Waals surface area contributed by atoms with Crippen LogP contribution in [0.25, 0.3) is 11.3 Å². The van der Waals surface area contributed by atoms with Crippen molar-refractivity contribution in [1.82, 2.24) is 20.2 Å². The van der Waals surface area contributed by atoms with Crippen molar-refractivity contribution in [3.8, 4) is 11.3 Å². The van der Waals surface area contributed by atoms with Gasteiger partial charge in [0.25, 0.3) is 0 Å². The third-order valence-electron chi connectivity index (χ3n) is 1.33. The van der Waals surface area contributed by atoms with Gasteiger partial charge in [-0.05, 0) is 0 Å². The number of aryl methyl sites for hydroxylation is 1. The first-order valence-electron chi connectivity index (χ1n) is 3.12. The van der Waals surface area contributed by atoms with Gasteiger partial charge in [-0.25, -0.2) is 0 Å². The molecule has 0 amide bonds. The van der Waals surface area contributed by atoms with Gasteiger partial charge < -0.3 is 4.52 Å². The van der Waals surface area contributed by atoms with Gasteiger partial charge in [0.05, 0.1) is 18.0 Å². The second-order valence-corrected chi connectivity index (χ2v) is 2.13. The molecular weight excluding hydrogens is 144 g/mol. The van der Waals surface area contributed by atoms with Gasteiger partial charge in [-0.2, -0.15) is 15.0 Å². The van der Waals surface area contributed by atoms with E-state index in [9.17, 15) is 0 Å². The SMILES string of the molecule is Cn1ncc(-c2cnoc2)n1. The van der Waals surface area contributed by atoms with Crippen LogP contribution in [0.1, 0.15) is 0 Å². The highest BCUT2D eigenvalue weighted by Crippen LogP contribution is 2.12. The van der Waals surface area contributed by atoms with Crippen LogP contribution in [0.3, 0.4) is 0 Å². The first kappa shape index (κ1) is 6.09.